The SMILES string of the molecule is CON(C)C(=O)c1cc(Br)c2nnn(C/C(F)=C/CNC(=O)OC(C)(C)C)c2c1. The Morgan fingerprint density at radius 1 is 1.38 bits per heavy atom. The molecule has 0 aliphatic heterocycles. The van der Waals surface area contributed by atoms with Crippen molar-refractivity contribution in [3.63, 3.8) is 0 Å². The number of nitrogens with one attached hydrogen (secondary N) is 1. The first-order valence-electron chi connectivity index (χ1n) is 8.68. The van der Waals surface area contributed by atoms with Crippen molar-refractivity contribution in [1.29, 1.82) is 0 Å². The normalized spacial score (nSPS) is 12.2. The van der Waals surface area contributed by atoms with E-state index in [2.05, 4.69) is 31.6 Å². The maximum Gasteiger partial charge on any atom is 0.407 e. The van der Waals surface area contributed by atoms with E-state index in [9.17, 15) is 14.0 Å². The smallest absolute Gasteiger partial charge is 0.407 e. The molecule has 2 rings (SSSR count). The van der Waals surface area contributed by atoms with Crippen LogP contribution in [0.15, 0.2) is 28.5 Å². The summed E-state index contributed by atoms with van der Waals surface area (Å²) >= 11 is 3.35. The van der Waals surface area contributed by atoms with Crippen molar-refractivity contribution >= 4 is 39.0 Å². The number of hydrogen-bond donors (Lipinski definition) is 1. The monoisotopic (exact) mass is 471 g/mol. The van der Waals surface area contributed by atoms with Gasteiger partial charge in [-0.3, -0.25) is 9.63 Å². The fourth-order valence-corrected chi connectivity index (χ4v) is 2.83. The number of benzene rings is 1. The lowest BCUT2D eigenvalue weighted by Gasteiger charge is -2.19. The van der Waals surface area contributed by atoms with Crippen molar-refractivity contribution in [3.8, 4) is 0 Å². The van der Waals surface area contributed by atoms with Gasteiger partial charge in [-0.25, -0.2) is 18.9 Å². The zero-order valence-electron chi connectivity index (χ0n) is 16.8. The highest BCUT2D eigenvalue weighted by Crippen LogP contribution is 2.25. The van der Waals surface area contributed by atoms with Gasteiger partial charge in [0, 0.05) is 23.6 Å². The number of carbonyl (C=O) groups excluding carboxylic acids is 2. The number of nitrogens with zero attached hydrogens (tertiary/aromatic N) is 4. The maximum atomic E-state index is 14.3. The van der Waals surface area contributed by atoms with Gasteiger partial charge in [0.25, 0.3) is 5.91 Å². The van der Waals surface area contributed by atoms with Crippen molar-refractivity contribution in [3.05, 3.63) is 34.1 Å². The second-order valence-electron chi connectivity index (χ2n) is 7.09. The van der Waals surface area contributed by atoms with Crippen molar-refractivity contribution in [1.82, 2.24) is 25.4 Å². The molecule has 11 heteroatoms. The third-order valence-corrected chi connectivity index (χ3v) is 4.26. The van der Waals surface area contributed by atoms with Gasteiger partial charge in [0.2, 0.25) is 0 Å². The van der Waals surface area contributed by atoms with Gasteiger partial charge in [-0.05, 0) is 54.9 Å². The van der Waals surface area contributed by atoms with Crippen molar-refractivity contribution in [2.75, 3.05) is 20.7 Å². The number of hydrogen-bond acceptors (Lipinski definition) is 6. The van der Waals surface area contributed by atoms with Crippen LogP contribution in [0.1, 0.15) is 31.1 Å². The Bertz CT molecular complexity index is 938. The van der Waals surface area contributed by atoms with E-state index in [1.807, 2.05) is 0 Å². The number of allylic oxidation sites excluding steroid dienone is 1. The largest absolute Gasteiger partial charge is 0.444 e. The Labute approximate surface area is 175 Å². The van der Waals surface area contributed by atoms with E-state index in [1.54, 1.807) is 32.9 Å². The third-order valence-electron chi connectivity index (χ3n) is 3.65. The Morgan fingerprint density at radius 2 is 2.07 bits per heavy atom. The van der Waals surface area contributed by atoms with Crippen LogP contribution in [0.5, 0.6) is 0 Å². The van der Waals surface area contributed by atoms with Gasteiger partial charge in [-0.15, -0.1) is 5.10 Å². The van der Waals surface area contributed by atoms with Crippen molar-refractivity contribution in [2.45, 2.75) is 32.9 Å². The van der Waals surface area contributed by atoms with Crippen LogP contribution >= 0.6 is 15.9 Å². The quantitative estimate of drug-likeness (QED) is 0.649. The molecule has 1 N–H and O–H groups in total. The molecule has 0 atom stereocenters. The van der Waals surface area contributed by atoms with Gasteiger partial charge < -0.3 is 10.1 Å². The van der Waals surface area contributed by atoms with E-state index in [-0.39, 0.29) is 19.0 Å². The molecule has 1 aromatic heterocycles. The number of amides is 2. The number of hydroxylamine groups is 2. The number of rotatable bonds is 6. The topological polar surface area (TPSA) is 98.6 Å². The van der Waals surface area contributed by atoms with Crippen LogP contribution < -0.4 is 5.32 Å². The molecule has 0 unspecified atom stereocenters. The standard InChI is InChI=1S/C18H23BrFN5O4/c1-18(2,3)29-17(27)21-7-6-12(20)10-25-14-9-11(16(26)24(4)28-5)8-13(19)15(14)22-23-25/h6,8-9H,7,10H2,1-5H3,(H,21,27)/b12-6-. The highest BCUT2D eigenvalue weighted by atomic mass is 79.9. The summed E-state index contributed by atoms with van der Waals surface area (Å²) < 4.78 is 21.2. The minimum absolute atomic E-state index is 0.0422. The second kappa shape index (κ2) is 9.31. The summed E-state index contributed by atoms with van der Waals surface area (Å²) in [7, 11) is 2.86. The van der Waals surface area contributed by atoms with Crippen LogP contribution in [-0.4, -0.2) is 58.4 Å². The van der Waals surface area contributed by atoms with Gasteiger partial charge in [0.05, 0.1) is 19.2 Å². The van der Waals surface area contributed by atoms with Crippen LogP contribution in [0.4, 0.5) is 9.18 Å². The predicted octanol–water partition coefficient (Wildman–Crippen LogP) is 3.21. The molecule has 0 aliphatic rings. The maximum absolute atomic E-state index is 14.3. The molecule has 0 aliphatic carbocycles. The lowest BCUT2D eigenvalue weighted by atomic mass is 10.2. The minimum atomic E-state index is -0.637. The van der Waals surface area contributed by atoms with Crippen LogP contribution in [0.2, 0.25) is 0 Å². The van der Waals surface area contributed by atoms with E-state index < -0.39 is 17.5 Å². The summed E-state index contributed by atoms with van der Waals surface area (Å²) in [6.07, 6.45) is 0.572. The molecular weight excluding hydrogens is 449 g/mol. The van der Waals surface area contributed by atoms with Gasteiger partial charge in [-0.1, -0.05) is 5.21 Å². The summed E-state index contributed by atoms with van der Waals surface area (Å²) in [5.74, 6) is -0.907. The van der Waals surface area contributed by atoms with Crippen LogP contribution in [0, 0.1) is 0 Å². The summed E-state index contributed by atoms with van der Waals surface area (Å²) in [5, 5.41) is 11.5. The molecule has 2 aromatic rings. The van der Waals surface area contributed by atoms with Gasteiger partial charge >= 0.3 is 6.09 Å². The van der Waals surface area contributed by atoms with Gasteiger partial charge in [0.15, 0.2) is 0 Å². The zero-order chi connectivity index (χ0) is 21.8. The third kappa shape index (κ3) is 6.23. The summed E-state index contributed by atoms with van der Waals surface area (Å²) in [5.41, 5.74) is 0.649. The molecule has 0 spiro atoms. The van der Waals surface area contributed by atoms with Crippen molar-refractivity contribution in [2.24, 2.45) is 0 Å². The minimum Gasteiger partial charge on any atom is -0.444 e. The number of alkyl carbamates (subject to hydrolysis) is 1. The lowest BCUT2D eigenvalue weighted by Crippen LogP contribution is -2.32. The molecule has 2 amide bonds. The molecule has 9 nitrogen and oxygen atoms in total. The lowest BCUT2D eigenvalue weighted by molar-refractivity contribution is -0.0756. The van der Waals surface area contributed by atoms with Crippen molar-refractivity contribution < 1.29 is 23.6 Å². The molecule has 0 radical (unpaired) electrons. The Balaban J connectivity index is 2.14. The molecule has 0 bridgehead atoms. The van der Waals surface area contributed by atoms with Gasteiger partial charge in [0.1, 0.15) is 16.9 Å². The number of carbonyl (C=O) groups is 2. The molecule has 158 valence electrons. The highest BCUT2D eigenvalue weighted by Gasteiger charge is 2.18. The number of aromatic nitrogens is 3. The van der Waals surface area contributed by atoms with Crippen LogP contribution in [0.25, 0.3) is 11.0 Å². The fourth-order valence-electron chi connectivity index (χ4n) is 2.30. The number of ether oxygens (including phenoxy) is 1. The van der Waals surface area contributed by atoms with E-state index in [4.69, 9.17) is 9.57 Å². The first kappa shape index (κ1) is 22.8. The second-order valence-corrected chi connectivity index (χ2v) is 7.95. The van der Waals surface area contributed by atoms with E-state index in [0.29, 0.717) is 21.1 Å². The molecule has 0 saturated carbocycles. The Hall–Kier alpha value is -2.53. The fraction of sp³-hybridized carbons (Fsp3) is 0.444. The zero-order valence-corrected chi connectivity index (χ0v) is 18.4. The predicted molar refractivity (Wildman–Crippen MR) is 108 cm³/mol. The molecular formula is C18H23BrFN5O4. The van der Waals surface area contributed by atoms with Crippen LogP contribution in [-0.2, 0) is 16.1 Å². The first-order chi connectivity index (χ1) is 13.5. The number of halogens is 2. The summed E-state index contributed by atoms with van der Waals surface area (Å²) in [6, 6.07) is 3.15. The van der Waals surface area contributed by atoms with E-state index in [1.165, 1.54) is 24.9 Å². The van der Waals surface area contributed by atoms with E-state index >= 15 is 0 Å². The average molecular weight is 472 g/mol. The van der Waals surface area contributed by atoms with E-state index in [0.717, 1.165) is 5.06 Å². The first-order valence-corrected chi connectivity index (χ1v) is 9.47. The molecule has 29 heavy (non-hydrogen) atoms. The molecule has 1 heterocycles. The molecule has 1 aromatic carbocycles. The average Bonchev–Trinajstić information content (AvgIpc) is 3.02. The summed E-state index contributed by atoms with van der Waals surface area (Å²) in [6.45, 7) is 4.96. The Morgan fingerprint density at radius 3 is 2.69 bits per heavy atom. The molecule has 0 fully saturated rings. The molecule has 0 saturated heterocycles. The van der Waals surface area contributed by atoms with Crippen LogP contribution in [0.3, 0.4) is 0 Å². The number of fused-ring (bicyclic) bond motifs is 1. The Kier molecular flexibility index (Phi) is 7.31. The van der Waals surface area contributed by atoms with Gasteiger partial charge in [-0.2, -0.15) is 0 Å². The highest BCUT2D eigenvalue weighted by molar-refractivity contribution is 9.10. The summed E-state index contributed by atoms with van der Waals surface area (Å²) in [4.78, 5) is 28.8.